The number of likely N-dealkylation sites (tertiary alicyclic amines) is 1. The monoisotopic (exact) mass is 642 g/mol. The first-order chi connectivity index (χ1) is 21.8. The minimum Gasteiger partial charge on any atom is -0.481 e. The molecular weight excluding hydrogens is 608 g/mol. The largest absolute Gasteiger partial charge is 0.481 e. The molecule has 1 unspecified atom stereocenters. The van der Waals surface area contributed by atoms with E-state index in [-0.39, 0.29) is 12.5 Å². The molecule has 2 N–H and O–H groups in total. The van der Waals surface area contributed by atoms with Crippen molar-refractivity contribution in [2.45, 2.75) is 39.8 Å². The summed E-state index contributed by atoms with van der Waals surface area (Å²) in [6, 6.07) is 16.5. The third kappa shape index (κ3) is 5.79. The molecule has 2 aliphatic rings. The number of thiazole rings is 1. The van der Waals surface area contributed by atoms with Crippen LogP contribution in [0, 0.1) is 19.8 Å². The van der Waals surface area contributed by atoms with Crippen LogP contribution in [0.5, 0.6) is 0 Å². The van der Waals surface area contributed by atoms with Gasteiger partial charge in [0, 0.05) is 55.1 Å². The number of fused-ring (bicyclic) bond motifs is 2. The van der Waals surface area contributed by atoms with Crippen molar-refractivity contribution in [3.05, 3.63) is 80.8 Å². The zero-order chi connectivity index (χ0) is 31.2. The van der Waals surface area contributed by atoms with E-state index in [1.165, 1.54) is 16.1 Å². The zero-order valence-corrected chi connectivity index (χ0v) is 26.9. The van der Waals surface area contributed by atoms with Gasteiger partial charge in [-0.25, -0.2) is 9.97 Å². The quantitative estimate of drug-likeness (QED) is 0.190. The molecule has 7 rings (SSSR count). The van der Waals surface area contributed by atoms with Gasteiger partial charge in [0.2, 0.25) is 5.89 Å². The molecule has 1 atom stereocenters. The minimum atomic E-state index is -0.736. The highest BCUT2D eigenvalue weighted by molar-refractivity contribution is 7.15. The smallest absolute Gasteiger partial charge is 0.307 e. The highest BCUT2D eigenvalue weighted by Gasteiger charge is 2.28. The first-order valence-corrected chi connectivity index (χ1v) is 16.5. The summed E-state index contributed by atoms with van der Waals surface area (Å²) in [4.78, 5) is 27.0. The van der Waals surface area contributed by atoms with E-state index in [9.17, 15) is 15.0 Å². The lowest BCUT2D eigenvalue weighted by Gasteiger charge is -2.24. The highest BCUT2D eigenvalue weighted by atomic mass is 35.5. The third-order valence-corrected chi connectivity index (χ3v) is 10.6. The second-order valence-electron chi connectivity index (χ2n) is 12.1. The van der Waals surface area contributed by atoms with E-state index in [1.807, 2.05) is 24.3 Å². The number of carbonyl (C=O) groups is 1. The van der Waals surface area contributed by atoms with E-state index in [1.54, 1.807) is 11.3 Å². The van der Waals surface area contributed by atoms with Gasteiger partial charge in [-0.15, -0.1) is 11.3 Å². The maximum atomic E-state index is 11.4. The number of carboxylic acids is 1. The van der Waals surface area contributed by atoms with Crippen LogP contribution in [0.3, 0.4) is 0 Å². The van der Waals surface area contributed by atoms with Gasteiger partial charge in [0.1, 0.15) is 10.5 Å². The molecule has 0 bridgehead atoms. The summed E-state index contributed by atoms with van der Waals surface area (Å²) < 4.78 is 6.26. The Labute approximate surface area is 270 Å². The lowest BCUT2D eigenvalue weighted by atomic mass is 9.91. The van der Waals surface area contributed by atoms with Crippen LogP contribution in [0.1, 0.15) is 33.7 Å². The molecule has 0 aliphatic carbocycles. The van der Waals surface area contributed by atoms with E-state index in [0.717, 1.165) is 64.4 Å². The van der Waals surface area contributed by atoms with Crippen LogP contribution in [-0.4, -0.2) is 68.7 Å². The molecule has 3 aromatic carbocycles. The maximum absolute atomic E-state index is 11.4. The van der Waals surface area contributed by atoms with Crippen molar-refractivity contribution in [1.29, 1.82) is 0 Å². The second kappa shape index (κ2) is 12.3. The fourth-order valence-electron chi connectivity index (χ4n) is 6.70. The number of nitrogens with zero attached hydrogens (tertiary/aromatic N) is 4. The van der Waals surface area contributed by atoms with Crippen molar-refractivity contribution < 1.29 is 19.4 Å². The molecular formula is C35H35ClN4O4S. The molecule has 8 nitrogen and oxygen atoms in total. The molecule has 4 heterocycles. The number of hydrogen-bond acceptors (Lipinski definition) is 8. The molecule has 232 valence electrons. The fourth-order valence-corrected chi connectivity index (χ4v) is 8.21. The Bertz CT molecular complexity index is 1920. The van der Waals surface area contributed by atoms with E-state index in [0.29, 0.717) is 48.1 Å². The number of rotatable bonds is 8. The summed E-state index contributed by atoms with van der Waals surface area (Å²) in [5, 5.41) is 20.3. The number of oxazole rings is 1. The lowest BCUT2D eigenvalue weighted by Crippen LogP contribution is -2.32. The molecule has 2 aromatic heterocycles. The molecule has 10 heteroatoms. The Morgan fingerprint density at radius 1 is 1.02 bits per heavy atom. The summed E-state index contributed by atoms with van der Waals surface area (Å²) in [6.07, 6.45) is 1.57. The first kappa shape index (κ1) is 30.1. The molecule has 0 spiro atoms. The molecule has 1 fully saturated rings. The number of aliphatic hydroxyl groups is 1. The van der Waals surface area contributed by atoms with Gasteiger partial charge in [0.05, 0.1) is 23.2 Å². The fraction of sp³-hybridized carbons (Fsp3) is 0.343. The SMILES string of the molecule is Cc1c(-c2nc3cc(CN4CCC(C(=O)O)C4)cc(Cl)c3o2)cccc1-c1cccc(-c2nc3c(s2)CN(CCO)CC3)c1C. The van der Waals surface area contributed by atoms with Gasteiger partial charge in [0.15, 0.2) is 5.58 Å². The Hall–Kier alpha value is -3.60. The molecule has 45 heavy (non-hydrogen) atoms. The number of benzene rings is 3. The lowest BCUT2D eigenvalue weighted by molar-refractivity contribution is -0.141. The van der Waals surface area contributed by atoms with Gasteiger partial charge >= 0.3 is 5.97 Å². The number of aliphatic carboxylic acids is 1. The van der Waals surface area contributed by atoms with Gasteiger partial charge in [0.25, 0.3) is 0 Å². The van der Waals surface area contributed by atoms with Crippen LogP contribution in [0.4, 0.5) is 0 Å². The van der Waals surface area contributed by atoms with E-state index < -0.39 is 5.97 Å². The summed E-state index contributed by atoms with van der Waals surface area (Å²) in [5.74, 6) is -0.540. The average Bonchev–Trinajstić information content (AvgIpc) is 3.76. The van der Waals surface area contributed by atoms with Crippen LogP contribution in [0.25, 0.3) is 44.3 Å². The van der Waals surface area contributed by atoms with Gasteiger partial charge in [-0.1, -0.05) is 41.9 Å². The van der Waals surface area contributed by atoms with Crippen LogP contribution in [0.15, 0.2) is 52.9 Å². The molecule has 0 saturated carbocycles. The van der Waals surface area contributed by atoms with Gasteiger partial charge < -0.3 is 14.6 Å². The van der Waals surface area contributed by atoms with Gasteiger partial charge in [-0.3, -0.25) is 14.6 Å². The van der Waals surface area contributed by atoms with Crippen LogP contribution >= 0.6 is 22.9 Å². The predicted octanol–water partition coefficient (Wildman–Crippen LogP) is 6.81. The normalized spacial score (nSPS) is 17.3. The van der Waals surface area contributed by atoms with Gasteiger partial charge in [-0.2, -0.15) is 0 Å². The minimum absolute atomic E-state index is 0.174. The zero-order valence-electron chi connectivity index (χ0n) is 25.3. The standard InChI is InChI=1S/C35H35ClN4O4S/c1-20-24(25-6-4-8-27(21(25)2)34-38-29-10-12-39(13-14-41)19-31(29)45-34)5-3-7-26(20)33-37-30-16-22(15-28(36)32(30)44-33)17-40-11-9-23(18-40)35(42)43/h3-8,15-16,23,41H,9-14,17-19H2,1-2H3,(H,42,43). The second-order valence-corrected chi connectivity index (χ2v) is 13.6. The van der Waals surface area contributed by atoms with E-state index in [2.05, 4.69) is 47.9 Å². The number of hydrogen-bond donors (Lipinski definition) is 2. The van der Waals surface area contributed by atoms with Crippen molar-refractivity contribution in [2.24, 2.45) is 5.92 Å². The molecule has 0 amide bonds. The maximum Gasteiger partial charge on any atom is 0.307 e. The van der Waals surface area contributed by atoms with Gasteiger partial charge in [-0.05, 0) is 72.8 Å². The Balaban J connectivity index is 1.19. The summed E-state index contributed by atoms with van der Waals surface area (Å²) in [7, 11) is 0. The number of aliphatic hydroxyl groups excluding tert-OH is 1. The number of β-amino-alcohol motifs (C(OH)–C–C–N with tert-alkyl or cyclic N) is 1. The van der Waals surface area contributed by atoms with Crippen molar-refractivity contribution >= 4 is 40.0 Å². The van der Waals surface area contributed by atoms with Crippen LogP contribution in [-0.2, 0) is 24.3 Å². The van der Waals surface area contributed by atoms with Crippen molar-refractivity contribution in [1.82, 2.24) is 19.8 Å². The van der Waals surface area contributed by atoms with Crippen molar-refractivity contribution in [2.75, 3.05) is 32.8 Å². The Morgan fingerprint density at radius 2 is 1.76 bits per heavy atom. The molecule has 0 radical (unpaired) electrons. The highest BCUT2D eigenvalue weighted by Crippen LogP contribution is 2.40. The van der Waals surface area contributed by atoms with E-state index in [4.69, 9.17) is 26.0 Å². The molecule has 1 saturated heterocycles. The third-order valence-electron chi connectivity index (χ3n) is 9.18. The Kier molecular flexibility index (Phi) is 8.22. The summed E-state index contributed by atoms with van der Waals surface area (Å²) in [6.45, 7) is 8.80. The topological polar surface area (TPSA) is 103 Å². The summed E-state index contributed by atoms with van der Waals surface area (Å²) in [5.41, 5.74) is 9.94. The van der Waals surface area contributed by atoms with E-state index >= 15 is 0 Å². The summed E-state index contributed by atoms with van der Waals surface area (Å²) >= 11 is 8.44. The predicted molar refractivity (Wildman–Crippen MR) is 178 cm³/mol. The van der Waals surface area contributed by atoms with Crippen molar-refractivity contribution in [3.8, 4) is 33.2 Å². The van der Waals surface area contributed by atoms with Crippen LogP contribution in [0.2, 0.25) is 5.02 Å². The number of halogens is 1. The first-order valence-electron chi connectivity index (χ1n) is 15.3. The molecule has 2 aliphatic heterocycles. The molecule has 5 aromatic rings. The van der Waals surface area contributed by atoms with Crippen LogP contribution < -0.4 is 0 Å². The van der Waals surface area contributed by atoms with Crippen molar-refractivity contribution in [3.63, 3.8) is 0 Å². The average molecular weight is 643 g/mol. The number of carboxylic acid groups (broad SMARTS) is 1. The Morgan fingerprint density at radius 3 is 2.49 bits per heavy atom. The number of aromatic nitrogens is 2.